The van der Waals surface area contributed by atoms with Crippen molar-refractivity contribution in [3.05, 3.63) is 47.5 Å². The van der Waals surface area contributed by atoms with Gasteiger partial charge in [0.2, 0.25) is 0 Å². The number of para-hydroxylation sites is 2. The second-order valence-corrected chi connectivity index (χ2v) is 7.87. The van der Waals surface area contributed by atoms with Crippen LogP contribution in [-0.4, -0.2) is 48.9 Å². The average Bonchev–Trinajstić information content (AvgIpc) is 2.70. The second kappa shape index (κ2) is 11.9. The van der Waals surface area contributed by atoms with Gasteiger partial charge in [0.05, 0.1) is 26.3 Å². The summed E-state index contributed by atoms with van der Waals surface area (Å²) in [5.41, 5.74) is 1.21. The minimum atomic E-state index is 0.0912. The number of phenols is 2. The van der Waals surface area contributed by atoms with Gasteiger partial charge in [-0.05, 0) is 36.1 Å². The topological polar surface area (TPSA) is 83.6 Å². The van der Waals surface area contributed by atoms with Crippen molar-refractivity contribution in [3.63, 3.8) is 0 Å². The van der Waals surface area contributed by atoms with Gasteiger partial charge in [-0.25, -0.2) is 0 Å². The van der Waals surface area contributed by atoms with Crippen molar-refractivity contribution in [2.75, 3.05) is 26.3 Å². The Morgan fingerprint density at radius 2 is 1.13 bits per heavy atom. The number of rotatable bonds is 11. The van der Waals surface area contributed by atoms with E-state index < -0.39 is 0 Å². The number of nitrogens with zero attached hydrogens (tertiary/aromatic N) is 2. The molecule has 6 heteroatoms. The van der Waals surface area contributed by atoms with Crippen molar-refractivity contribution >= 4 is 12.4 Å². The van der Waals surface area contributed by atoms with Gasteiger partial charge in [0.15, 0.2) is 23.0 Å². The number of ether oxygens (including phenoxy) is 2. The molecule has 0 atom stereocenters. The van der Waals surface area contributed by atoms with Crippen molar-refractivity contribution in [2.24, 2.45) is 21.8 Å². The van der Waals surface area contributed by atoms with Crippen molar-refractivity contribution in [1.29, 1.82) is 0 Å². The molecule has 6 nitrogen and oxygen atoms in total. The molecule has 30 heavy (non-hydrogen) atoms. The van der Waals surface area contributed by atoms with Crippen molar-refractivity contribution in [3.8, 4) is 23.0 Å². The van der Waals surface area contributed by atoms with Crippen molar-refractivity contribution < 1.29 is 19.7 Å². The summed E-state index contributed by atoms with van der Waals surface area (Å²) in [5, 5.41) is 20.6. The van der Waals surface area contributed by atoms with E-state index in [2.05, 4.69) is 37.7 Å². The molecule has 0 aliphatic heterocycles. The summed E-state index contributed by atoms with van der Waals surface area (Å²) in [5.74, 6) is 1.85. The monoisotopic (exact) mass is 412 g/mol. The molecule has 0 amide bonds. The second-order valence-electron chi connectivity index (χ2n) is 7.87. The Morgan fingerprint density at radius 3 is 1.50 bits per heavy atom. The van der Waals surface area contributed by atoms with Crippen LogP contribution < -0.4 is 9.47 Å². The van der Waals surface area contributed by atoms with Gasteiger partial charge in [0.25, 0.3) is 0 Å². The quantitative estimate of drug-likeness (QED) is 0.414. The third-order valence-electron chi connectivity index (χ3n) is 4.02. The molecule has 0 aromatic heterocycles. The molecular weight excluding hydrogens is 380 g/mol. The van der Waals surface area contributed by atoms with E-state index in [0.29, 0.717) is 60.8 Å². The Kier molecular flexibility index (Phi) is 9.19. The molecule has 0 fully saturated rings. The summed E-state index contributed by atoms with van der Waals surface area (Å²) in [6, 6.07) is 10.7. The van der Waals surface area contributed by atoms with Gasteiger partial charge >= 0.3 is 0 Å². The number of hydrogen-bond donors (Lipinski definition) is 2. The van der Waals surface area contributed by atoms with Crippen LogP contribution in [0.15, 0.2) is 46.4 Å². The smallest absolute Gasteiger partial charge is 0.166 e. The summed E-state index contributed by atoms with van der Waals surface area (Å²) >= 11 is 0. The third-order valence-corrected chi connectivity index (χ3v) is 4.02. The molecule has 162 valence electrons. The number of aliphatic imine (C=N–C) groups is 2. The molecule has 2 N–H and O–H groups in total. The largest absolute Gasteiger partial charge is 0.504 e. The molecule has 0 aliphatic rings. The maximum absolute atomic E-state index is 10.3. The Hall–Kier alpha value is -3.02. The highest BCUT2D eigenvalue weighted by molar-refractivity contribution is 5.85. The first kappa shape index (κ1) is 23.3. The number of aromatic hydroxyl groups is 2. The van der Waals surface area contributed by atoms with Crippen LogP contribution in [0, 0.1) is 11.8 Å². The Balaban J connectivity index is 1.89. The molecule has 2 aromatic rings. The van der Waals surface area contributed by atoms with E-state index in [1.165, 1.54) is 0 Å². The standard InChI is InChI=1S/C24H32N2O4/c1-17(2)15-29-21-9-5-7-19(23(21)27)13-25-11-12-26-14-20-8-6-10-22(24(20)28)30-16-18(3)4/h5-10,13-14,17-18,27-28H,11-12,15-16H2,1-4H3. The third kappa shape index (κ3) is 7.43. The van der Waals surface area contributed by atoms with Gasteiger partial charge in [-0.2, -0.15) is 0 Å². The Labute approximate surface area is 178 Å². The van der Waals surface area contributed by atoms with E-state index in [-0.39, 0.29) is 11.5 Å². The Bertz CT molecular complexity index is 789. The van der Waals surface area contributed by atoms with Crippen molar-refractivity contribution in [1.82, 2.24) is 0 Å². The van der Waals surface area contributed by atoms with Gasteiger partial charge in [0.1, 0.15) is 0 Å². The highest BCUT2D eigenvalue weighted by Gasteiger charge is 2.08. The molecule has 0 spiro atoms. The lowest BCUT2D eigenvalue weighted by molar-refractivity contribution is 0.259. The van der Waals surface area contributed by atoms with Gasteiger partial charge < -0.3 is 19.7 Å². The van der Waals surface area contributed by atoms with Crippen LogP contribution in [0.1, 0.15) is 38.8 Å². The van der Waals surface area contributed by atoms with Crippen LogP contribution in [0.25, 0.3) is 0 Å². The SMILES string of the molecule is CC(C)COc1cccc(C=NCCN=Cc2cccc(OCC(C)C)c2O)c1O. The number of benzene rings is 2. The lowest BCUT2D eigenvalue weighted by atomic mass is 10.2. The summed E-state index contributed by atoms with van der Waals surface area (Å²) in [6.07, 6.45) is 3.23. The minimum absolute atomic E-state index is 0.0912. The zero-order chi connectivity index (χ0) is 21.9. The summed E-state index contributed by atoms with van der Waals surface area (Å²) in [4.78, 5) is 8.63. The molecule has 0 saturated carbocycles. The van der Waals surface area contributed by atoms with E-state index in [9.17, 15) is 10.2 Å². The highest BCUT2D eigenvalue weighted by Crippen LogP contribution is 2.30. The predicted molar refractivity (Wildman–Crippen MR) is 122 cm³/mol. The molecular formula is C24H32N2O4. The first-order valence-corrected chi connectivity index (χ1v) is 10.3. The number of hydrogen-bond acceptors (Lipinski definition) is 6. The zero-order valence-electron chi connectivity index (χ0n) is 18.2. The highest BCUT2D eigenvalue weighted by atomic mass is 16.5. The van der Waals surface area contributed by atoms with Crippen LogP contribution >= 0.6 is 0 Å². The van der Waals surface area contributed by atoms with Crippen LogP contribution in [0.3, 0.4) is 0 Å². The van der Waals surface area contributed by atoms with E-state index >= 15 is 0 Å². The molecule has 2 aromatic carbocycles. The molecule has 0 heterocycles. The maximum atomic E-state index is 10.3. The maximum Gasteiger partial charge on any atom is 0.166 e. The molecule has 2 rings (SSSR count). The fourth-order valence-electron chi connectivity index (χ4n) is 2.47. The minimum Gasteiger partial charge on any atom is -0.504 e. The molecule has 0 bridgehead atoms. The number of phenolic OH excluding ortho intramolecular Hbond substituents is 2. The van der Waals surface area contributed by atoms with Crippen LogP contribution in [-0.2, 0) is 0 Å². The lowest BCUT2D eigenvalue weighted by Gasteiger charge is -2.11. The zero-order valence-corrected chi connectivity index (χ0v) is 18.2. The molecule has 0 radical (unpaired) electrons. The fourth-order valence-corrected chi connectivity index (χ4v) is 2.47. The summed E-state index contributed by atoms with van der Waals surface area (Å²) in [7, 11) is 0. The first-order valence-electron chi connectivity index (χ1n) is 10.3. The van der Waals surface area contributed by atoms with Gasteiger partial charge in [-0.3, -0.25) is 9.98 Å². The van der Waals surface area contributed by atoms with E-state index in [4.69, 9.17) is 9.47 Å². The Morgan fingerprint density at radius 1 is 0.733 bits per heavy atom. The average molecular weight is 413 g/mol. The molecule has 0 unspecified atom stereocenters. The van der Waals surface area contributed by atoms with Gasteiger partial charge in [-0.15, -0.1) is 0 Å². The van der Waals surface area contributed by atoms with E-state index in [1.807, 2.05) is 12.1 Å². The normalized spacial score (nSPS) is 11.8. The van der Waals surface area contributed by atoms with Crippen LogP contribution in [0.4, 0.5) is 0 Å². The van der Waals surface area contributed by atoms with Crippen LogP contribution in [0.2, 0.25) is 0 Å². The molecule has 0 saturated heterocycles. The van der Waals surface area contributed by atoms with Crippen molar-refractivity contribution in [2.45, 2.75) is 27.7 Å². The van der Waals surface area contributed by atoms with Gasteiger partial charge in [0, 0.05) is 23.6 Å². The van der Waals surface area contributed by atoms with E-state index in [1.54, 1.807) is 36.7 Å². The fraction of sp³-hybridized carbons (Fsp3) is 0.417. The molecule has 0 aliphatic carbocycles. The predicted octanol–water partition coefficient (Wildman–Crippen LogP) is 4.71. The van der Waals surface area contributed by atoms with Crippen LogP contribution in [0.5, 0.6) is 23.0 Å². The van der Waals surface area contributed by atoms with E-state index in [0.717, 1.165) is 0 Å². The summed E-state index contributed by atoms with van der Waals surface area (Å²) < 4.78 is 11.2. The lowest BCUT2D eigenvalue weighted by Crippen LogP contribution is -2.05. The first-order chi connectivity index (χ1) is 14.4. The summed E-state index contributed by atoms with van der Waals surface area (Å²) in [6.45, 7) is 10.2. The van der Waals surface area contributed by atoms with Gasteiger partial charge in [-0.1, -0.05) is 39.8 Å².